The van der Waals surface area contributed by atoms with Crippen molar-refractivity contribution in [1.82, 2.24) is 15.6 Å². The van der Waals surface area contributed by atoms with Crippen molar-refractivity contribution in [2.24, 2.45) is 4.99 Å². The first-order valence-corrected chi connectivity index (χ1v) is 8.34. The molecule has 0 unspecified atom stereocenters. The molecule has 0 aliphatic heterocycles. The summed E-state index contributed by atoms with van der Waals surface area (Å²) in [6.07, 6.45) is 6.89. The van der Waals surface area contributed by atoms with Gasteiger partial charge in [0.05, 0.1) is 6.54 Å². The van der Waals surface area contributed by atoms with Crippen LogP contribution in [0.15, 0.2) is 23.3 Å². The molecule has 5 heteroatoms. The minimum atomic E-state index is 0.319. The molecule has 0 spiro atoms. The maximum atomic E-state index is 6.06. The summed E-state index contributed by atoms with van der Waals surface area (Å²) in [5, 5.41) is 6.58. The van der Waals surface area contributed by atoms with Crippen molar-refractivity contribution in [1.29, 1.82) is 0 Å². The summed E-state index contributed by atoms with van der Waals surface area (Å²) in [6, 6.07) is 4.33. The van der Waals surface area contributed by atoms with Gasteiger partial charge < -0.3 is 15.4 Å². The fraction of sp³-hybridized carbons (Fsp3) is 0.647. The van der Waals surface area contributed by atoms with Gasteiger partial charge in [0.25, 0.3) is 0 Å². The lowest BCUT2D eigenvalue weighted by atomic mass is 10.2. The number of hydrogen-bond acceptors (Lipinski definition) is 3. The normalized spacial score (nSPS) is 16.1. The Balaban J connectivity index is 2.03. The van der Waals surface area contributed by atoms with E-state index < -0.39 is 0 Å². The van der Waals surface area contributed by atoms with Gasteiger partial charge in [-0.2, -0.15) is 0 Å². The lowest BCUT2D eigenvalue weighted by molar-refractivity contribution is 0.199. The number of ether oxygens (including phenoxy) is 1. The Kier molecular flexibility index (Phi) is 6.49. The molecule has 0 atom stereocenters. The second-order valence-electron chi connectivity index (χ2n) is 5.99. The van der Waals surface area contributed by atoms with Crippen molar-refractivity contribution < 1.29 is 4.74 Å². The average molecular weight is 304 g/mol. The van der Waals surface area contributed by atoms with Crippen molar-refractivity contribution in [2.45, 2.75) is 65.1 Å². The van der Waals surface area contributed by atoms with E-state index in [1.54, 1.807) is 6.20 Å². The van der Waals surface area contributed by atoms with Crippen LogP contribution >= 0.6 is 0 Å². The largest absolute Gasteiger partial charge is 0.474 e. The van der Waals surface area contributed by atoms with E-state index in [0.717, 1.165) is 36.8 Å². The predicted octanol–water partition coefficient (Wildman–Crippen LogP) is 2.87. The van der Waals surface area contributed by atoms with Crippen LogP contribution in [-0.2, 0) is 6.54 Å². The first-order chi connectivity index (χ1) is 10.7. The topological polar surface area (TPSA) is 58.5 Å². The van der Waals surface area contributed by atoms with Gasteiger partial charge in [-0.15, -0.1) is 0 Å². The van der Waals surface area contributed by atoms with Crippen molar-refractivity contribution >= 4 is 5.96 Å². The lowest BCUT2D eigenvalue weighted by Crippen LogP contribution is -2.41. The summed E-state index contributed by atoms with van der Waals surface area (Å²) in [5.41, 5.74) is 1.04. The number of guanidine groups is 1. The van der Waals surface area contributed by atoms with E-state index in [2.05, 4.69) is 41.4 Å². The number of pyridine rings is 1. The Morgan fingerprint density at radius 1 is 1.41 bits per heavy atom. The van der Waals surface area contributed by atoms with Gasteiger partial charge in [-0.05, 0) is 52.5 Å². The van der Waals surface area contributed by atoms with Gasteiger partial charge in [-0.3, -0.25) is 0 Å². The van der Waals surface area contributed by atoms with Gasteiger partial charge in [-0.1, -0.05) is 6.07 Å². The lowest BCUT2D eigenvalue weighted by Gasteiger charge is -2.16. The minimum absolute atomic E-state index is 0.319. The van der Waals surface area contributed by atoms with Gasteiger partial charge in [0.1, 0.15) is 6.10 Å². The highest BCUT2D eigenvalue weighted by Gasteiger charge is 2.18. The standard InChI is InChI=1S/C17H28N4O/c1-4-18-17(21-13(2)3)20-12-14-8-7-11-19-16(14)22-15-9-5-6-10-15/h7-8,11,13,15H,4-6,9-10,12H2,1-3H3,(H2,18,20,21). The van der Waals surface area contributed by atoms with Gasteiger partial charge in [-0.25, -0.2) is 9.98 Å². The molecule has 0 bridgehead atoms. The number of rotatable bonds is 6. The molecule has 1 aromatic rings. The molecule has 122 valence electrons. The molecule has 0 radical (unpaired) electrons. The number of nitrogens with one attached hydrogen (secondary N) is 2. The Morgan fingerprint density at radius 2 is 2.18 bits per heavy atom. The highest BCUT2D eigenvalue weighted by Crippen LogP contribution is 2.25. The molecule has 1 aliphatic rings. The molecule has 2 rings (SSSR count). The quantitative estimate of drug-likeness (QED) is 0.627. The zero-order valence-corrected chi connectivity index (χ0v) is 13.9. The number of nitrogens with zero attached hydrogens (tertiary/aromatic N) is 2. The Bertz CT molecular complexity index is 481. The third-order valence-corrected chi connectivity index (χ3v) is 3.61. The second-order valence-corrected chi connectivity index (χ2v) is 5.99. The zero-order chi connectivity index (χ0) is 15.8. The number of aromatic nitrogens is 1. The third kappa shape index (κ3) is 5.20. The minimum Gasteiger partial charge on any atom is -0.474 e. The van der Waals surface area contributed by atoms with Crippen LogP contribution in [0.5, 0.6) is 5.88 Å². The van der Waals surface area contributed by atoms with Crippen molar-refractivity contribution in [3.63, 3.8) is 0 Å². The third-order valence-electron chi connectivity index (χ3n) is 3.61. The molecule has 1 heterocycles. The van der Waals surface area contributed by atoms with Crippen LogP contribution in [0.1, 0.15) is 52.0 Å². The van der Waals surface area contributed by atoms with E-state index in [9.17, 15) is 0 Å². The van der Waals surface area contributed by atoms with E-state index in [4.69, 9.17) is 4.74 Å². The molecular formula is C17H28N4O. The van der Waals surface area contributed by atoms with Crippen LogP contribution in [0.3, 0.4) is 0 Å². The molecule has 5 nitrogen and oxygen atoms in total. The van der Waals surface area contributed by atoms with Crippen LogP contribution in [0.4, 0.5) is 0 Å². The Labute approximate surface area is 133 Å². The highest BCUT2D eigenvalue weighted by atomic mass is 16.5. The van der Waals surface area contributed by atoms with Crippen LogP contribution in [-0.4, -0.2) is 29.6 Å². The van der Waals surface area contributed by atoms with E-state index >= 15 is 0 Å². The molecule has 1 aromatic heterocycles. The molecule has 1 aliphatic carbocycles. The molecule has 2 N–H and O–H groups in total. The highest BCUT2D eigenvalue weighted by molar-refractivity contribution is 5.80. The molecule has 0 amide bonds. The summed E-state index contributed by atoms with van der Waals surface area (Å²) in [6.45, 7) is 7.68. The van der Waals surface area contributed by atoms with E-state index in [-0.39, 0.29) is 0 Å². The van der Waals surface area contributed by atoms with Gasteiger partial charge in [0.2, 0.25) is 5.88 Å². The fourth-order valence-corrected chi connectivity index (χ4v) is 2.57. The van der Waals surface area contributed by atoms with Crippen LogP contribution in [0.25, 0.3) is 0 Å². The van der Waals surface area contributed by atoms with Gasteiger partial charge >= 0.3 is 0 Å². The van der Waals surface area contributed by atoms with Crippen molar-refractivity contribution in [3.05, 3.63) is 23.9 Å². The van der Waals surface area contributed by atoms with Crippen molar-refractivity contribution in [3.8, 4) is 5.88 Å². The second kappa shape index (κ2) is 8.61. The van der Waals surface area contributed by atoms with Crippen LogP contribution in [0.2, 0.25) is 0 Å². The molecule has 1 fully saturated rings. The first-order valence-electron chi connectivity index (χ1n) is 8.34. The molecule has 22 heavy (non-hydrogen) atoms. The SMILES string of the molecule is CCNC(=NCc1cccnc1OC1CCCC1)NC(C)C. The maximum absolute atomic E-state index is 6.06. The first kappa shape index (κ1) is 16.6. The predicted molar refractivity (Wildman–Crippen MR) is 90.2 cm³/mol. The number of hydrogen-bond donors (Lipinski definition) is 2. The fourth-order valence-electron chi connectivity index (χ4n) is 2.57. The Hall–Kier alpha value is -1.78. The smallest absolute Gasteiger partial charge is 0.218 e. The molecular weight excluding hydrogens is 276 g/mol. The number of aliphatic imine (C=N–C) groups is 1. The van der Waals surface area contributed by atoms with E-state index in [0.29, 0.717) is 18.7 Å². The van der Waals surface area contributed by atoms with E-state index in [1.165, 1.54) is 12.8 Å². The molecule has 0 saturated heterocycles. The summed E-state index contributed by atoms with van der Waals surface area (Å²) in [4.78, 5) is 9.03. The van der Waals surface area contributed by atoms with Gasteiger partial charge in [0.15, 0.2) is 5.96 Å². The molecule has 0 aromatic carbocycles. The summed E-state index contributed by atoms with van der Waals surface area (Å²) in [5.74, 6) is 1.56. The van der Waals surface area contributed by atoms with Crippen LogP contribution < -0.4 is 15.4 Å². The van der Waals surface area contributed by atoms with E-state index in [1.807, 2.05) is 12.1 Å². The average Bonchev–Trinajstić information content (AvgIpc) is 2.99. The molecule has 1 saturated carbocycles. The Morgan fingerprint density at radius 3 is 2.86 bits per heavy atom. The van der Waals surface area contributed by atoms with Gasteiger partial charge in [0, 0.05) is 24.3 Å². The summed E-state index contributed by atoms with van der Waals surface area (Å²) in [7, 11) is 0. The van der Waals surface area contributed by atoms with Crippen LogP contribution in [0, 0.1) is 0 Å². The summed E-state index contributed by atoms with van der Waals surface area (Å²) < 4.78 is 6.06. The van der Waals surface area contributed by atoms with Crippen molar-refractivity contribution in [2.75, 3.05) is 6.54 Å². The summed E-state index contributed by atoms with van der Waals surface area (Å²) >= 11 is 0. The monoisotopic (exact) mass is 304 g/mol. The maximum Gasteiger partial charge on any atom is 0.218 e. The zero-order valence-electron chi connectivity index (χ0n) is 13.9.